The van der Waals surface area contributed by atoms with Crippen LogP contribution in [0.1, 0.15) is 12.0 Å². The molecule has 0 radical (unpaired) electrons. The Kier molecular flexibility index (Phi) is 6.43. The molecule has 1 N–H and O–H groups in total. The highest BCUT2D eigenvalue weighted by Crippen LogP contribution is 2.27. The van der Waals surface area contributed by atoms with Crippen LogP contribution in [0.3, 0.4) is 0 Å². The monoisotopic (exact) mass is 416 g/mol. The molecule has 1 aromatic carbocycles. The van der Waals surface area contributed by atoms with Gasteiger partial charge in [-0.05, 0) is 42.8 Å². The molecule has 8 heteroatoms. The van der Waals surface area contributed by atoms with E-state index in [1.54, 1.807) is 36.7 Å². The highest BCUT2D eigenvalue weighted by atomic mass is 32.2. The van der Waals surface area contributed by atoms with Crippen molar-refractivity contribution in [1.29, 1.82) is 0 Å². The molecule has 0 amide bonds. The van der Waals surface area contributed by atoms with E-state index in [-0.39, 0.29) is 10.7 Å². The molecule has 0 atom stereocenters. The molecule has 0 bridgehead atoms. The number of rotatable bonds is 8. The lowest BCUT2D eigenvalue weighted by molar-refractivity contribution is 0.331. The van der Waals surface area contributed by atoms with Gasteiger partial charge in [0.2, 0.25) is 0 Å². The molecule has 146 valence electrons. The number of thiocarbonyl (C=S) groups is 1. The number of aromatic nitrogens is 1. The van der Waals surface area contributed by atoms with Gasteiger partial charge in [-0.15, -0.1) is 0 Å². The van der Waals surface area contributed by atoms with Gasteiger partial charge in [-0.1, -0.05) is 24.4 Å². The summed E-state index contributed by atoms with van der Waals surface area (Å²) in [7, 11) is -3.99. The molecule has 1 aliphatic rings. The zero-order chi connectivity index (χ0) is 20.0. The standard InChI is InChI=1S/C20H20N2O4S2/c1-15-12-17(25-11-10-22-16-6-8-21-9-7-16)14-18(13-15)26-28(23,24)20-5-3-2-4-19(20)27/h2-3,5-9,12-14H,4,10-11H2,1H3,(H,21,22). The smallest absolute Gasteiger partial charge is 0.340 e. The van der Waals surface area contributed by atoms with Crippen LogP contribution in [0.25, 0.3) is 0 Å². The molecule has 0 aliphatic heterocycles. The van der Waals surface area contributed by atoms with Crippen LogP contribution in [0.2, 0.25) is 0 Å². The summed E-state index contributed by atoms with van der Waals surface area (Å²) in [4.78, 5) is 4.32. The largest absolute Gasteiger partial charge is 0.492 e. The Hall–Kier alpha value is -2.71. The van der Waals surface area contributed by atoms with Crippen LogP contribution in [-0.4, -0.2) is 31.4 Å². The van der Waals surface area contributed by atoms with E-state index in [0.29, 0.717) is 30.2 Å². The van der Waals surface area contributed by atoms with E-state index in [1.807, 2.05) is 25.1 Å². The second kappa shape index (κ2) is 8.99. The third kappa shape index (κ3) is 5.40. The van der Waals surface area contributed by atoms with Crippen LogP contribution in [0.5, 0.6) is 11.5 Å². The van der Waals surface area contributed by atoms with Crippen LogP contribution in [0.15, 0.2) is 65.9 Å². The normalized spacial score (nSPS) is 13.8. The summed E-state index contributed by atoms with van der Waals surface area (Å²) in [6, 6.07) is 8.74. The van der Waals surface area contributed by atoms with Crippen LogP contribution in [0, 0.1) is 6.92 Å². The van der Waals surface area contributed by atoms with Crippen molar-refractivity contribution in [1.82, 2.24) is 4.98 Å². The van der Waals surface area contributed by atoms with Gasteiger partial charge in [0.1, 0.15) is 23.0 Å². The average Bonchev–Trinajstić information content (AvgIpc) is 2.65. The molecule has 0 saturated carbocycles. The first-order valence-corrected chi connectivity index (χ1v) is 10.5. The third-order valence-corrected chi connectivity index (χ3v) is 5.69. The van der Waals surface area contributed by atoms with Gasteiger partial charge >= 0.3 is 10.1 Å². The zero-order valence-electron chi connectivity index (χ0n) is 15.3. The Bertz CT molecular complexity index is 1020. The molecular weight excluding hydrogens is 396 g/mol. The summed E-state index contributed by atoms with van der Waals surface area (Å²) < 4.78 is 36.1. The summed E-state index contributed by atoms with van der Waals surface area (Å²) in [6.45, 7) is 2.83. The van der Waals surface area contributed by atoms with E-state index in [0.717, 1.165) is 11.3 Å². The summed E-state index contributed by atoms with van der Waals surface area (Å²) >= 11 is 5.14. The minimum atomic E-state index is -3.99. The number of nitrogens with zero attached hydrogens (tertiary/aromatic N) is 1. The van der Waals surface area contributed by atoms with E-state index in [4.69, 9.17) is 21.1 Å². The van der Waals surface area contributed by atoms with Gasteiger partial charge in [-0.2, -0.15) is 8.42 Å². The van der Waals surface area contributed by atoms with Crippen molar-refractivity contribution in [3.63, 3.8) is 0 Å². The summed E-state index contributed by atoms with van der Waals surface area (Å²) in [5.41, 5.74) is 1.77. The molecule has 2 aromatic rings. The maximum absolute atomic E-state index is 12.5. The fraction of sp³-hybridized carbons (Fsp3) is 0.200. The van der Waals surface area contributed by atoms with Gasteiger partial charge < -0.3 is 14.2 Å². The van der Waals surface area contributed by atoms with Crippen molar-refractivity contribution < 1.29 is 17.3 Å². The topological polar surface area (TPSA) is 77.5 Å². The van der Waals surface area contributed by atoms with Crippen LogP contribution in [-0.2, 0) is 10.1 Å². The first-order valence-electron chi connectivity index (χ1n) is 8.67. The summed E-state index contributed by atoms with van der Waals surface area (Å²) in [6.07, 6.45) is 8.75. The Labute approximate surface area is 170 Å². The number of allylic oxidation sites excluding steroid dienone is 4. The molecule has 0 spiro atoms. The molecular formula is C20H20N2O4S2. The second-order valence-corrected chi connectivity index (χ2v) is 8.12. The van der Waals surface area contributed by atoms with Crippen molar-refractivity contribution in [2.45, 2.75) is 13.3 Å². The Morgan fingerprint density at radius 1 is 1.18 bits per heavy atom. The van der Waals surface area contributed by atoms with Gasteiger partial charge in [0.15, 0.2) is 0 Å². The van der Waals surface area contributed by atoms with Crippen LogP contribution < -0.4 is 14.2 Å². The van der Waals surface area contributed by atoms with Gasteiger partial charge in [-0.3, -0.25) is 4.98 Å². The molecule has 28 heavy (non-hydrogen) atoms. The van der Waals surface area contributed by atoms with Crippen molar-refractivity contribution in [3.05, 3.63) is 71.4 Å². The fourth-order valence-corrected chi connectivity index (χ4v) is 4.12. The minimum Gasteiger partial charge on any atom is -0.492 e. The molecule has 3 rings (SSSR count). The highest BCUT2D eigenvalue weighted by Gasteiger charge is 2.24. The van der Waals surface area contributed by atoms with E-state index in [2.05, 4.69) is 10.3 Å². The predicted octanol–water partition coefficient (Wildman–Crippen LogP) is 3.80. The Morgan fingerprint density at radius 2 is 1.93 bits per heavy atom. The number of aryl methyl sites for hydroxylation is 1. The van der Waals surface area contributed by atoms with Gasteiger partial charge in [0, 0.05) is 42.0 Å². The number of hydrogen-bond donors (Lipinski definition) is 1. The Morgan fingerprint density at radius 3 is 2.68 bits per heavy atom. The van der Waals surface area contributed by atoms with E-state index >= 15 is 0 Å². The average molecular weight is 417 g/mol. The molecule has 1 aliphatic carbocycles. The molecule has 1 aromatic heterocycles. The number of anilines is 1. The van der Waals surface area contributed by atoms with Crippen molar-refractivity contribution >= 4 is 32.9 Å². The first kappa shape index (κ1) is 20.0. The van der Waals surface area contributed by atoms with Crippen molar-refractivity contribution in [2.24, 2.45) is 0 Å². The molecule has 0 fully saturated rings. The molecule has 0 saturated heterocycles. The number of pyridine rings is 1. The third-order valence-electron chi connectivity index (χ3n) is 3.84. The van der Waals surface area contributed by atoms with Crippen LogP contribution in [0.4, 0.5) is 5.69 Å². The molecule has 6 nitrogen and oxygen atoms in total. The lowest BCUT2D eigenvalue weighted by atomic mass is 10.2. The zero-order valence-corrected chi connectivity index (χ0v) is 16.9. The predicted molar refractivity (Wildman–Crippen MR) is 113 cm³/mol. The lowest BCUT2D eigenvalue weighted by Gasteiger charge is -2.14. The van der Waals surface area contributed by atoms with Gasteiger partial charge in [0.05, 0.1) is 0 Å². The highest BCUT2D eigenvalue weighted by molar-refractivity contribution is 7.94. The Balaban J connectivity index is 1.63. The van der Waals surface area contributed by atoms with E-state index in [9.17, 15) is 8.42 Å². The van der Waals surface area contributed by atoms with E-state index < -0.39 is 10.1 Å². The SMILES string of the molecule is Cc1cc(OCCNc2ccncc2)cc(OS(=O)(=O)C2=CC=CCC2=S)c1. The minimum absolute atomic E-state index is 0.0236. The number of hydrogen-bond acceptors (Lipinski definition) is 7. The number of nitrogens with one attached hydrogen (secondary N) is 1. The summed E-state index contributed by atoms with van der Waals surface area (Å²) in [5.74, 6) is 0.720. The van der Waals surface area contributed by atoms with Gasteiger partial charge in [-0.25, -0.2) is 0 Å². The van der Waals surface area contributed by atoms with Crippen molar-refractivity contribution in [2.75, 3.05) is 18.5 Å². The molecule has 0 unspecified atom stereocenters. The molecule has 1 heterocycles. The fourth-order valence-electron chi connectivity index (χ4n) is 2.60. The first-order chi connectivity index (χ1) is 13.4. The van der Waals surface area contributed by atoms with Gasteiger partial charge in [0.25, 0.3) is 0 Å². The maximum atomic E-state index is 12.5. The van der Waals surface area contributed by atoms with E-state index in [1.165, 1.54) is 6.08 Å². The van der Waals surface area contributed by atoms with Crippen molar-refractivity contribution in [3.8, 4) is 11.5 Å². The maximum Gasteiger partial charge on any atom is 0.340 e. The van der Waals surface area contributed by atoms with Crippen LogP contribution >= 0.6 is 12.2 Å². The number of ether oxygens (including phenoxy) is 1. The summed E-state index contributed by atoms with van der Waals surface area (Å²) in [5, 5.41) is 3.21. The quantitative estimate of drug-likeness (QED) is 0.398. The lowest BCUT2D eigenvalue weighted by Crippen LogP contribution is -2.18. The number of benzene rings is 1. The second-order valence-electron chi connectivity index (χ2n) is 6.12.